The number of hydrogen-bond acceptors (Lipinski definition) is 2. The minimum absolute atomic E-state index is 0.112. The second-order valence-corrected chi connectivity index (χ2v) is 3.89. The molecule has 0 aromatic rings. The molecule has 0 aromatic carbocycles. The second kappa shape index (κ2) is 5.66. The van der Waals surface area contributed by atoms with Gasteiger partial charge in [0.25, 0.3) is 0 Å². The van der Waals surface area contributed by atoms with Crippen LogP contribution in [0.1, 0.15) is 25.7 Å². The summed E-state index contributed by atoms with van der Waals surface area (Å²) in [5.74, 6) is 2.39. The van der Waals surface area contributed by atoms with Gasteiger partial charge in [-0.05, 0) is 38.1 Å². The Hall–Kier alpha value is -1.01. The molecular formula is C11H17NO2. The molecule has 78 valence electrons. The predicted octanol–water partition coefficient (Wildman–Crippen LogP) is 1.10. The Kier molecular flexibility index (Phi) is 4.48. The van der Waals surface area contributed by atoms with Gasteiger partial charge in [-0.25, -0.2) is 0 Å². The molecule has 0 heterocycles. The van der Waals surface area contributed by atoms with Crippen molar-refractivity contribution in [3.8, 4) is 12.3 Å². The van der Waals surface area contributed by atoms with Crippen LogP contribution in [-0.4, -0.2) is 24.2 Å². The van der Waals surface area contributed by atoms with Crippen LogP contribution < -0.4 is 5.32 Å². The molecule has 1 aliphatic carbocycles. The van der Waals surface area contributed by atoms with Gasteiger partial charge < -0.3 is 10.4 Å². The summed E-state index contributed by atoms with van der Waals surface area (Å²) in [5, 5.41) is 12.0. The smallest absolute Gasteiger partial charge is 0.306 e. The van der Waals surface area contributed by atoms with Crippen LogP contribution in [-0.2, 0) is 4.79 Å². The molecular weight excluding hydrogens is 178 g/mol. The summed E-state index contributed by atoms with van der Waals surface area (Å²) in [6.45, 7) is 1.54. The summed E-state index contributed by atoms with van der Waals surface area (Å²) in [7, 11) is 0. The van der Waals surface area contributed by atoms with Gasteiger partial charge in [0.15, 0.2) is 0 Å². The zero-order valence-electron chi connectivity index (χ0n) is 8.33. The molecule has 1 rings (SSSR count). The first-order valence-corrected chi connectivity index (χ1v) is 5.11. The maximum atomic E-state index is 10.7. The first kappa shape index (κ1) is 11.1. The van der Waals surface area contributed by atoms with Crippen LogP contribution in [0.3, 0.4) is 0 Å². The Morgan fingerprint density at radius 2 is 2.07 bits per heavy atom. The van der Waals surface area contributed by atoms with Crippen molar-refractivity contribution in [2.45, 2.75) is 25.7 Å². The molecule has 0 aromatic heterocycles. The molecule has 1 fully saturated rings. The highest BCUT2D eigenvalue weighted by Gasteiger charge is 2.25. The number of carbonyl (C=O) groups is 1. The van der Waals surface area contributed by atoms with Gasteiger partial charge >= 0.3 is 5.97 Å². The van der Waals surface area contributed by atoms with Crippen molar-refractivity contribution >= 4 is 5.97 Å². The topological polar surface area (TPSA) is 49.3 Å². The van der Waals surface area contributed by atoms with Gasteiger partial charge in [-0.3, -0.25) is 4.79 Å². The number of terminal acetylenes is 1. The Labute approximate surface area is 84.9 Å². The zero-order chi connectivity index (χ0) is 10.4. The van der Waals surface area contributed by atoms with Crippen LogP contribution in [0.2, 0.25) is 0 Å². The van der Waals surface area contributed by atoms with E-state index in [2.05, 4.69) is 11.2 Å². The Bertz CT molecular complexity index is 224. The van der Waals surface area contributed by atoms with Crippen LogP contribution in [0.15, 0.2) is 0 Å². The molecule has 0 aliphatic heterocycles. The minimum atomic E-state index is -0.639. The number of nitrogens with one attached hydrogen (secondary N) is 1. The molecule has 0 bridgehead atoms. The van der Waals surface area contributed by atoms with Crippen molar-refractivity contribution in [3.63, 3.8) is 0 Å². The fraction of sp³-hybridized carbons (Fsp3) is 0.727. The largest absolute Gasteiger partial charge is 0.481 e. The third-order valence-electron chi connectivity index (χ3n) is 2.86. The lowest BCUT2D eigenvalue weighted by Crippen LogP contribution is -2.28. The second-order valence-electron chi connectivity index (χ2n) is 3.89. The maximum Gasteiger partial charge on any atom is 0.306 e. The molecule has 0 radical (unpaired) electrons. The average molecular weight is 195 g/mol. The van der Waals surface area contributed by atoms with E-state index >= 15 is 0 Å². The quantitative estimate of drug-likeness (QED) is 0.521. The fourth-order valence-electron chi connectivity index (χ4n) is 1.96. The van der Waals surface area contributed by atoms with E-state index in [4.69, 9.17) is 11.5 Å². The number of aliphatic carboxylic acids is 1. The van der Waals surface area contributed by atoms with Gasteiger partial charge in [0.05, 0.1) is 12.5 Å². The highest BCUT2D eigenvalue weighted by molar-refractivity contribution is 5.69. The molecule has 1 aliphatic rings. The van der Waals surface area contributed by atoms with Crippen LogP contribution in [0.4, 0.5) is 0 Å². The summed E-state index contributed by atoms with van der Waals surface area (Å²) < 4.78 is 0. The van der Waals surface area contributed by atoms with Gasteiger partial charge in [0.2, 0.25) is 0 Å². The van der Waals surface area contributed by atoms with E-state index in [-0.39, 0.29) is 5.92 Å². The SMILES string of the molecule is C#CCNCC1CCC(C(=O)O)CC1. The van der Waals surface area contributed by atoms with Crippen LogP contribution in [0, 0.1) is 24.2 Å². The van der Waals surface area contributed by atoms with E-state index in [1.807, 2.05) is 0 Å². The van der Waals surface area contributed by atoms with E-state index in [0.717, 1.165) is 32.2 Å². The van der Waals surface area contributed by atoms with Crippen molar-refractivity contribution in [1.29, 1.82) is 0 Å². The molecule has 3 nitrogen and oxygen atoms in total. The molecule has 14 heavy (non-hydrogen) atoms. The first-order chi connectivity index (χ1) is 6.74. The van der Waals surface area contributed by atoms with Crippen molar-refractivity contribution in [2.75, 3.05) is 13.1 Å². The summed E-state index contributed by atoms with van der Waals surface area (Å²) in [6, 6.07) is 0. The van der Waals surface area contributed by atoms with Crippen LogP contribution in [0.25, 0.3) is 0 Å². The van der Waals surface area contributed by atoms with Crippen molar-refractivity contribution in [2.24, 2.45) is 11.8 Å². The molecule has 3 heteroatoms. The molecule has 1 saturated carbocycles. The standard InChI is InChI=1S/C11H17NO2/c1-2-7-12-8-9-3-5-10(6-4-9)11(13)14/h1,9-10,12H,3-8H2,(H,13,14). The van der Waals surface area contributed by atoms with Gasteiger partial charge in [-0.1, -0.05) is 5.92 Å². The molecule has 0 spiro atoms. The Balaban J connectivity index is 2.16. The van der Waals surface area contributed by atoms with Gasteiger partial charge in [0, 0.05) is 0 Å². The third-order valence-corrected chi connectivity index (χ3v) is 2.86. The van der Waals surface area contributed by atoms with Crippen LogP contribution >= 0.6 is 0 Å². The lowest BCUT2D eigenvalue weighted by atomic mass is 9.82. The average Bonchev–Trinajstić information content (AvgIpc) is 2.19. The number of rotatable bonds is 4. The van der Waals surface area contributed by atoms with Crippen LogP contribution in [0.5, 0.6) is 0 Å². The fourth-order valence-corrected chi connectivity index (χ4v) is 1.96. The van der Waals surface area contributed by atoms with E-state index < -0.39 is 5.97 Å². The number of carboxylic acid groups (broad SMARTS) is 1. The lowest BCUT2D eigenvalue weighted by Gasteiger charge is -2.25. The third kappa shape index (κ3) is 3.39. The van der Waals surface area contributed by atoms with E-state index in [1.165, 1.54) is 0 Å². The Morgan fingerprint density at radius 3 is 2.57 bits per heavy atom. The highest BCUT2D eigenvalue weighted by atomic mass is 16.4. The van der Waals surface area contributed by atoms with Gasteiger partial charge in [-0.2, -0.15) is 0 Å². The van der Waals surface area contributed by atoms with E-state index in [1.54, 1.807) is 0 Å². The molecule has 0 unspecified atom stereocenters. The minimum Gasteiger partial charge on any atom is -0.481 e. The molecule has 0 amide bonds. The van der Waals surface area contributed by atoms with Gasteiger partial charge in [-0.15, -0.1) is 6.42 Å². The zero-order valence-corrected chi connectivity index (χ0v) is 8.33. The first-order valence-electron chi connectivity index (χ1n) is 5.11. The van der Waals surface area contributed by atoms with E-state index in [0.29, 0.717) is 12.5 Å². The highest BCUT2D eigenvalue weighted by Crippen LogP contribution is 2.28. The molecule has 2 N–H and O–H groups in total. The summed E-state index contributed by atoms with van der Waals surface area (Å²) in [6.07, 6.45) is 8.77. The van der Waals surface area contributed by atoms with Gasteiger partial charge in [0.1, 0.15) is 0 Å². The molecule has 0 atom stereocenters. The van der Waals surface area contributed by atoms with Crippen molar-refractivity contribution in [3.05, 3.63) is 0 Å². The monoisotopic (exact) mass is 195 g/mol. The summed E-state index contributed by atoms with van der Waals surface area (Å²) in [4.78, 5) is 10.7. The predicted molar refractivity (Wildman–Crippen MR) is 54.8 cm³/mol. The number of hydrogen-bond donors (Lipinski definition) is 2. The summed E-state index contributed by atoms with van der Waals surface area (Å²) in [5.41, 5.74) is 0. The molecule has 0 saturated heterocycles. The number of carboxylic acids is 1. The lowest BCUT2D eigenvalue weighted by molar-refractivity contribution is -0.143. The summed E-state index contributed by atoms with van der Waals surface area (Å²) >= 11 is 0. The van der Waals surface area contributed by atoms with E-state index in [9.17, 15) is 4.79 Å². The van der Waals surface area contributed by atoms with Crippen molar-refractivity contribution in [1.82, 2.24) is 5.32 Å². The van der Waals surface area contributed by atoms with Crippen molar-refractivity contribution < 1.29 is 9.90 Å². The Morgan fingerprint density at radius 1 is 1.43 bits per heavy atom. The maximum absolute atomic E-state index is 10.7. The normalized spacial score (nSPS) is 26.8.